The van der Waals surface area contributed by atoms with E-state index in [1.54, 1.807) is 0 Å². The second kappa shape index (κ2) is 4.85. The zero-order chi connectivity index (χ0) is 9.68. The summed E-state index contributed by atoms with van der Waals surface area (Å²) in [6.07, 6.45) is 0. The van der Waals surface area contributed by atoms with Gasteiger partial charge in [0, 0.05) is 11.2 Å². The minimum Gasteiger partial charge on any atom is -0.359 e. The van der Waals surface area contributed by atoms with Gasteiger partial charge in [-0.05, 0) is 24.4 Å². The Morgan fingerprint density at radius 3 is 2.62 bits per heavy atom. The molecule has 4 heteroatoms. The van der Waals surface area contributed by atoms with Gasteiger partial charge in [-0.25, -0.2) is 0 Å². The van der Waals surface area contributed by atoms with Crippen molar-refractivity contribution in [2.45, 2.75) is 6.92 Å². The highest BCUT2D eigenvalue weighted by molar-refractivity contribution is 7.16. The van der Waals surface area contributed by atoms with E-state index in [-0.39, 0.29) is 0 Å². The van der Waals surface area contributed by atoms with Crippen molar-refractivity contribution in [2.75, 3.05) is 0 Å². The Hall–Kier alpha value is -1.05. The maximum atomic E-state index is 8.57. The van der Waals surface area contributed by atoms with Gasteiger partial charge < -0.3 is 9.88 Å². The summed E-state index contributed by atoms with van der Waals surface area (Å²) in [6.45, 7) is 2.07. The van der Waals surface area contributed by atoms with Crippen LogP contribution in [0.5, 0.6) is 0 Å². The number of aromatic amines is 1. The summed E-state index contributed by atoms with van der Waals surface area (Å²) in [5.41, 5.74) is 2.45. The highest BCUT2D eigenvalue weighted by atomic mass is 31.1. The Morgan fingerprint density at radius 2 is 2.00 bits per heavy atom. The Labute approximate surface area is 77.7 Å². The third-order valence-corrected chi connectivity index (χ3v) is 1.66. The number of aryl methyl sites for hydroxylation is 1. The lowest BCUT2D eigenvalue weighted by Gasteiger charge is -1.83. The van der Waals surface area contributed by atoms with Crippen LogP contribution in [0.3, 0.4) is 0 Å². The zero-order valence-electron chi connectivity index (χ0n) is 7.32. The lowest BCUT2D eigenvalue weighted by molar-refractivity contribution is 0.524. The molecule has 0 bridgehead atoms. The normalized spacial score (nSPS) is 10.3. The van der Waals surface area contributed by atoms with E-state index in [4.69, 9.17) is 9.46 Å². The summed E-state index contributed by atoms with van der Waals surface area (Å²) < 4.78 is 8.57. The highest BCUT2D eigenvalue weighted by Gasteiger charge is 1.92. The van der Waals surface area contributed by atoms with Gasteiger partial charge in [-0.2, -0.15) is 0 Å². The SMILES string of the molecule is Cc1cc2ccccc2[nH]1.O=[PH2]O. The van der Waals surface area contributed by atoms with Gasteiger partial charge in [0.15, 0.2) is 8.69 Å². The minimum absolute atomic E-state index is 1.22. The minimum atomic E-state index is -1.50. The average molecular weight is 197 g/mol. The van der Waals surface area contributed by atoms with Crippen molar-refractivity contribution in [1.82, 2.24) is 4.98 Å². The number of fused-ring (bicyclic) bond motifs is 1. The molecule has 2 aromatic rings. The van der Waals surface area contributed by atoms with Crippen LogP contribution in [0.4, 0.5) is 0 Å². The molecule has 0 spiro atoms. The number of aromatic nitrogens is 1. The highest BCUT2D eigenvalue weighted by Crippen LogP contribution is 2.12. The Morgan fingerprint density at radius 1 is 1.38 bits per heavy atom. The molecule has 0 radical (unpaired) electrons. The van der Waals surface area contributed by atoms with Crippen LogP contribution in [0.2, 0.25) is 0 Å². The third kappa shape index (κ3) is 2.72. The molecule has 2 rings (SSSR count). The Bertz CT molecular complexity index is 364. The van der Waals surface area contributed by atoms with Crippen LogP contribution in [0.15, 0.2) is 30.3 Å². The van der Waals surface area contributed by atoms with Gasteiger partial charge in [0.25, 0.3) is 0 Å². The second-order valence-electron chi connectivity index (χ2n) is 2.65. The second-order valence-corrected chi connectivity index (χ2v) is 2.86. The van der Waals surface area contributed by atoms with Crippen LogP contribution in [0, 0.1) is 6.92 Å². The average Bonchev–Trinajstić information content (AvgIpc) is 2.45. The van der Waals surface area contributed by atoms with Crippen LogP contribution in [-0.4, -0.2) is 9.88 Å². The van der Waals surface area contributed by atoms with Crippen LogP contribution >= 0.6 is 8.69 Å². The van der Waals surface area contributed by atoms with E-state index < -0.39 is 8.69 Å². The van der Waals surface area contributed by atoms with Crippen molar-refractivity contribution in [3.8, 4) is 0 Å². The van der Waals surface area contributed by atoms with Gasteiger partial charge in [0.05, 0.1) is 0 Å². The van der Waals surface area contributed by atoms with E-state index in [2.05, 4.69) is 36.2 Å². The number of hydrogen-bond acceptors (Lipinski definition) is 1. The summed E-state index contributed by atoms with van der Waals surface area (Å²) in [5.74, 6) is 0. The molecular weight excluding hydrogens is 185 g/mol. The molecule has 70 valence electrons. The summed E-state index contributed by atoms with van der Waals surface area (Å²) in [4.78, 5) is 10.4. The van der Waals surface area contributed by atoms with E-state index in [0.717, 1.165) is 0 Å². The van der Waals surface area contributed by atoms with Gasteiger partial charge in [0.1, 0.15) is 0 Å². The molecule has 0 saturated heterocycles. The Balaban J connectivity index is 0.000000251. The van der Waals surface area contributed by atoms with Crippen molar-refractivity contribution in [3.63, 3.8) is 0 Å². The summed E-state index contributed by atoms with van der Waals surface area (Å²) in [7, 11) is -1.50. The first-order chi connectivity index (χ1) is 6.27. The largest absolute Gasteiger partial charge is 0.359 e. The molecule has 0 fully saturated rings. The maximum absolute atomic E-state index is 8.57. The number of hydrogen-bond donors (Lipinski definition) is 2. The smallest absolute Gasteiger partial charge is 0.177 e. The quantitative estimate of drug-likeness (QED) is 0.635. The molecular formula is C9H12NO2P. The van der Waals surface area contributed by atoms with Crippen LogP contribution in [-0.2, 0) is 4.57 Å². The number of rotatable bonds is 0. The van der Waals surface area contributed by atoms with Crippen LogP contribution in [0.25, 0.3) is 10.9 Å². The van der Waals surface area contributed by atoms with Crippen LogP contribution < -0.4 is 0 Å². The van der Waals surface area contributed by atoms with Crippen molar-refractivity contribution < 1.29 is 9.46 Å². The monoisotopic (exact) mass is 197 g/mol. The maximum Gasteiger partial charge on any atom is 0.177 e. The lowest BCUT2D eigenvalue weighted by atomic mass is 10.2. The van der Waals surface area contributed by atoms with Crippen molar-refractivity contribution in [1.29, 1.82) is 0 Å². The predicted octanol–water partition coefficient (Wildman–Crippen LogP) is 2.13. The van der Waals surface area contributed by atoms with E-state index in [9.17, 15) is 0 Å². The summed E-state index contributed by atoms with van der Waals surface area (Å²) in [5, 5.41) is 1.29. The molecule has 1 aromatic carbocycles. The first kappa shape index (κ1) is 10.0. The zero-order valence-corrected chi connectivity index (χ0v) is 8.47. The standard InChI is InChI=1S/C9H9N.H3O2P/c1-7-6-8-4-2-3-5-9(8)10-7;1-3-2/h2-6,10H,1H3;3H2,(H,1,2). The van der Waals surface area contributed by atoms with E-state index in [0.29, 0.717) is 0 Å². The van der Waals surface area contributed by atoms with E-state index in [1.807, 2.05) is 6.07 Å². The molecule has 0 amide bonds. The molecule has 0 saturated carbocycles. The predicted molar refractivity (Wildman–Crippen MR) is 55.7 cm³/mol. The number of benzene rings is 1. The number of para-hydroxylation sites is 1. The number of H-pyrrole nitrogens is 1. The van der Waals surface area contributed by atoms with Crippen molar-refractivity contribution >= 4 is 19.6 Å². The van der Waals surface area contributed by atoms with Gasteiger partial charge in [-0.3, -0.25) is 4.57 Å². The summed E-state index contributed by atoms with van der Waals surface area (Å²) in [6, 6.07) is 10.4. The summed E-state index contributed by atoms with van der Waals surface area (Å²) >= 11 is 0. The fraction of sp³-hybridized carbons (Fsp3) is 0.111. The van der Waals surface area contributed by atoms with Gasteiger partial charge in [0.2, 0.25) is 0 Å². The first-order valence-electron chi connectivity index (χ1n) is 3.90. The molecule has 1 aromatic heterocycles. The van der Waals surface area contributed by atoms with Gasteiger partial charge in [-0.1, -0.05) is 18.2 Å². The molecule has 13 heavy (non-hydrogen) atoms. The molecule has 0 aliphatic carbocycles. The van der Waals surface area contributed by atoms with Crippen LogP contribution in [0.1, 0.15) is 5.69 Å². The fourth-order valence-corrected chi connectivity index (χ4v) is 1.22. The molecule has 0 aliphatic heterocycles. The lowest BCUT2D eigenvalue weighted by Crippen LogP contribution is -1.65. The van der Waals surface area contributed by atoms with E-state index in [1.165, 1.54) is 16.6 Å². The molecule has 0 aliphatic rings. The fourth-order valence-electron chi connectivity index (χ4n) is 1.22. The van der Waals surface area contributed by atoms with E-state index >= 15 is 0 Å². The molecule has 1 unspecified atom stereocenters. The topological polar surface area (TPSA) is 53.1 Å². The van der Waals surface area contributed by atoms with Gasteiger partial charge in [-0.15, -0.1) is 0 Å². The van der Waals surface area contributed by atoms with Crippen molar-refractivity contribution in [2.24, 2.45) is 0 Å². The van der Waals surface area contributed by atoms with Gasteiger partial charge >= 0.3 is 0 Å². The molecule has 1 atom stereocenters. The Kier molecular flexibility index (Phi) is 3.74. The van der Waals surface area contributed by atoms with Crippen molar-refractivity contribution in [3.05, 3.63) is 36.0 Å². The number of nitrogens with one attached hydrogen (secondary N) is 1. The molecule has 3 nitrogen and oxygen atoms in total. The molecule has 2 N–H and O–H groups in total. The first-order valence-corrected chi connectivity index (χ1v) is 4.89. The third-order valence-electron chi connectivity index (χ3n) is 1.66. The molecule has 1 heterocycles.